The van der Waals surface area contributed by atoms with Crippen molar-refractivity contribution in [1.82, 2.24) is 4.98 Å². The van der Waals surface area contributed by atoms with Gasteiger partial charge in [0.15, 0.2) is 0 Å². The Balaban J connectivity index is 2.11. The van der Waals surface area contributed by atoms with Gasteiger partial charge in [-0.2, -0.15) is 0 Å². The fraction of sp³-hybridized carbons (Fsp3) is 0.235. The van der Waals surface area contributed by atoms with E-state index >= 15 is 0 Å². The van der Waals surface area contributed by atoms with Crippen molar-refractivity contribution in [3.05, 3.63) is 53.9 Å². The van der Waals surface area contributed by atoms with Crippen LogP contribution in [0, 0.1) is 0 Å². The molecule has 1 aromatic carbocycles. The number of anilines is 2. The van der Waals surface area contributed by atoms with E-state index in [-0.39, 0.29) is 23.9 Å². The van der Waals surface area contributed by atoms with Gasteiger partial charge in [0.25, 0.3) is 5.91 Å². The number of nitrogens with zero attached hydrogens (tertiary/aromatic N) is 2. The molecule has 0 aliphatic heterocycles. The summed E-state index contributed by atoms with van der Waals surface area (Å²) in [6, 6.07) is 12.1. The first kappa shape index (κ1) is 16.5. The lowest BCUT2D eigenvalue weighted by molar-refractivity contribution is 0.0519. The summed E-state index contributed by atoms with van der Waals surface area (Å²) in [6.45, 7) is 1.97. The molecule has 0 radical (unpaired) electrons. The van der Waals surface area contributed by atoms with Crippen LogP contribution in [0.2, 0.25) is 0 Å². The van der Waals surface area contributed by atoms with Crippen molar-refractivity contribution in [2.75, 3.05) is 30.9 Å². The third-order valence-corrected chi connectivity index (χ3v) is 3.11. The molecule has 0 fully saturated rings. The molecule has 1 heterocycles. The molecule has 0 spiro atoms. The average Bonchev–Trinajstić information content (AvgIpc) is 2.55. The van der Waals surface area contributed by atoms with Crippen molar-refractivity contribution in [1.29, 1.82) is 0 Å². The van der Waals surface area contributed by atoms with Crippen LogP contribution in [-0.4, -0.2) is 37.6 Å². The van der Waals surface area contributed by atoms with Crippen LogP contribution in [0.5, 0.6) is 0 Å². The Morgan fingerprint density at radius 1 is 1.09 bits per heavy atom. The molecule has 0 atom stereocenters. The van der Waals surface area contributed by atoms with Gasteiger partial charge in [-0.05, 0) is 43.3 Å². The van der Waals surface area contributed by atoms with Crippen LogP contribution < -0.4 is 10.2 Å². The molecule has 1 aromatic heterocycles. The van der Waals surface area contributed by atoms with Crippen LogP contribution in [0.15, 0.2) is 42.5 Å². The van der Waals surface area contributed by atoms with Crippen molar-refractivity contribution in [3.8, 4) is 0 Å². The predicted octanol–water partition coefficient (Wildman–Crippen LogP) is 2.58. The van der Waals surface area contributed by atoms with Gasteiger partial charge in [0.2, 0.25) is 0 Å². The number of pyridine rings is 1. The third-order valence-electron chi connectivity index (χ3n) is 3.11. The first-order chi connectivity index (χ1) is 11.0. The van der Waals surface area contributed by atoms with E-state index in [2.05, 4.69) is 10.3 Å². The van der Waals surface area contributed by atoms with Crippen molar-refractivity contribution in [3.63, 3.8) is 0 Å². The zero-order chi connectivity index (χ0) is 16.8. The number of carbonyl (C=O) groups excluding carboxylic acids is 2. The van der Waals surface area contributed by atoms with Crippen LogP contribution in [-0.2, 0) is 4.74 Å². The topological polar surface area (TPSA) is 71.5 Å². The number of hydrogen-bond acceptors (Lipinski definition) is 5. The molecule has 1 N–H and O–H groups in total. The molecule has 1 amide bonds. The summed E-state index contributed by atoms with van der Waals surface area (Å²) in [7, 11) is 3.89. The molecule has 6 nitrogen and oxygen atoms in total. The van der Waals surface area contributed by atoms with E-state index in [1.165, 1.54) is 6.07 Å². The van der Waals surface area contributed by atoms with Crippen molar-refractivity contribution in [2.24, 2.45) is 0 Å². The molecule has 0 aliphatic carbocycles. The molecule has 120 valence electrons. The highest BCUT2D eigenvalue weighted by atomic mass is 16.5. The Labute approximate surface area is 135 Å². The molecule has 6 heteroatoms. The van der Waals surface area contributed by atoms with E-state index in [0.29, 0.717) is 5.69 Å². The Kier molecular flexibility index (Phi) is 5.30. The number of nitrogens with one attached hydrogen (secondary N) is 1. The fourth-order valence-electron chi connectivity index (χ4n) is 1.92. The van der Waals surface area contributed by atoms with Gasteiger partial charge in [-0.3, -0.25) is 4.79 Å². The van der Waals surface area contributed by atoms with Gasteiger partial charge in [0.1, 0.15) is 11.4 Å². The molecule has 2 aromatic rings. The zero-order valence-corrected chi connectivity index (χ0v) is 13.4. The van der Waals surface area contributed by atoms with Gasteiger partial charge in [-0.15, -0.1) is 0 Å². The SMILES string of the molecule is CCOC(=O)c1cccc(C(=O)Nc2ccc(N(C)C)cc2)n1. The number of rotatable bonds is 5. The molecule has 2 rings (SSSR count). The van der Waals surface area contributed by atoms with Crippen molar-refractivity contribution < 1.29 is 14.3 Å². The molecule has 0 aliphatic rings. The Morgan fingerprint density at radius 2 is 1.74 bits per heavy atom. The number of hydrogen-bond donors (Lipinski definition) is 1. The van der Waals surface area contributed by atoms with Crippen LogP contribution in [0.4, 0.5) is 11.4 Å². The Bertz CT molecular complexity index is 696. The summed E-state index contributed by atoms with van der Waals surface area (Å²) >= 11 is 0. The van der Waals surface area contributed by atoms with Crippen LogP contribution in [0.1, 0.15) is 27.9 Å². The number of esters is 1. The summed E-state index contributed by atoms with van der Waals surface area (Å²) in [5.41, 5.74) is 1.96. The van der Waals surface area contributed by atoms with Crippen molar-refractivity contribution in [2.45, 2.75) is 6.92 Å². The maximum atomic E-state index is 12.2. The molecule has 23 heavy (non-hydrogen) atoms. The molecular formula is C17H19N3O3. The zero-order valence-electron chi connectivity index (χ0n) is 13.4. The van der Waals surface area contributed by atoms with E-state index in [9.17, 15) is 9.59 Å². The number of benzene rings is 1. The van der Waals surface area contributed by atoms with E-state index in [1.807, 2.05) is 43.3 Å². The fourth-order valence-corrected chi connectivity index (χ4v) is 1.92. The number of aromatic nitrogens is 1. The maximum absolute atomic E-state index is 12.2. The van der Waals surface area contributed by atoms with E-state index in [1.54, 1.807) is 19.1 Å². The average molecular weight is 313 g/mol. The normalized spacial score (nSPS) is 10.0. The minimum atomic E-state index is -0.544. The van der Waals surface area contributed by atoms with E-state index < -0.39 is 5.97 Å². The first-order valence-corrected chi connectivity index (χ1v) is 7.24. The van der Waals surface area contributed by atoms with Gasteiger partial charge in [-0.25, -0.2) is 9.78 Å². The second kappa shape index (κ2) is 7.40. The molecule has 0 saturated carbocycles. The Hall–Kier alpha value is -2.89. The lowest BCUT2D eigenvalue weighted by Gasteiger charge is -2.13. The monoisotopic (exact) mass is 313 g/mol. The molecular weight excluding hydrogens is 294 g/mol. The van der Waals surface area contributed by atoms with Crippen LogP contribution in [0.3, 0.4) is 0 Å². The largest absolute Gasteiger partial charge is 0.461 e. The van der Waals surface area contributed by atoms with E-state index in [0.717, 1.165) is 5.69 Å². The van der Waals surface area contributed by atoms with E-state index in [4.69, 9.17) is 4.74 Å². The summed E-state index contributed by atoms with van der Waals surface area (Å²) in [6.07, 6.45) is 0. The van der Waals surface area contributed by atoms with Gasteiger partial charge in [0.05, 0.1) is 6.61 Å². The third kappa shape index (κ3) is 4.29. The van der Waals surface area contributed by atoms with Crippen molar-refractivity contribution >= 4 is 23.3 Å². The molecule has 0 saturated heterocycles. The lowest BCUT2D eigenvalue weighted by Crippen LogP contribution is -2.16. The minimum Gasteiger partial charge on any atom is -0.461 e. The molecule has 0 unspecified atom stereocenters. The summed E-state index contributed by atoms with van der Waals surface area (Å²) in [5.74, 6) is -0.925. The second-order valence-electron chi connectivity index (χ2n) is 5.02. The summed E-state index contributed by atoms with van der Waals surface area (Å²) < 4.78 is 4.88. The maximum Gasteiger partial charge on any atom is 0.356 e. The van der Waals surface area contributed by atoms with Crippen LogP contribution in [0.25, 0.3) is 0 Å². The summed E-state index contributed by atoms with van der Waals surface area (Å²) in [4.78, 5) is 29.9. The van der Waals surface area contributed by atoms with Crippen LogP contribution >= 0.6 is 0 Å². The van der Waals surface area contributed by atoms with Gasteiger partial charge in [0, 0.05) is 25.5 Å². The summed E-state index contributed by atoms with van der Waals surface area (Å²) in [5, 5.41) is 2.75. The standard InChI is InChI=1S/C17H19N3O3/c1-4-23-17(22)15-7-5-6-14(19-15)16(21)18-12-8-10-13(11-9-12)20(2)3/h5-11H,4H2,1-3H3,(H,18,21). The smallest absolute Gasteiger partial charge is 0.356 e. The van der Waals surface area contributed by atoms with Gasteiger partial charge < -0.3 is 15.0 Å². The molecule has 0 bridgehead atoms. The number of carbonyl (C=O) groups is 2. The highest BCUT2D eigenvalue weighted by molar-refractivity contribution is 6.03. The minimum absolute atomic E-state index is 0.113. The predicted molar refractivity (Wildman–Crippen MR) is 88.9 cm³/mol. The highest BCUT2D eigenvalue weighted by Gasteiger charge is 2.13. The number of amides is 1. The van der Waals surface area contributed by atoms with Gasteiger partial charge >= 0.3 is 5.97 Å². The highest BCUT2D eigenvalue weighted by Crippen LogP contribution is 2.16. The first-order valence-electron chi connectivity index (χ1n) is 7.24. The van der Waals surface area contributed by atoms with Gasteiger partial charge in [-0.1, -0.05) is 6.07 Å². The Morgan fingerprint density at radius 3 is 2.35 bits per heavy atom. The second-order valence-corrected chi connectivity index (χ2v) is 5.02. The quantitative estimate of drug-likeness (QED) is 0.859. The number of ether oxygens (including phenoxy) is 1. The lowest BCUT2D eigenvalue weighted by atomic mass is 10.2.